The van der Waals surface area contributed by atoms with E-state index in [1.807, 2.05) is 6.07 Å². The van der Waals surface area contributed by atoms with Crippen LogP contribution in [0.5, 0.6) is 0 Å². The van der Waals surface area contributed by atoms with E-state index in [4.69, 9.17) is 4.18 Å². The Morgan fingerprint density at radius 3 is 2.53 bits per heavy atom. The van der Waals surface area contributed by atoms with E-state index in [2.05, 4.69) is 41.1 Å². The first-order valence-electron chi connectivity index (χ1n) is 6.49. The molecule has 0 bridgehead atoms. The van der Waals surface area contributed by atoms with Crippen LogP contribution in [0.2, 0.25) is 0 Å². The van der Waals surface area contributed by atoms with Crippen molar-refractivity contribution in [1.29, 1.82) is 0 Å². The lowest BCUT2D eigenvalue weighted by Crippen LogP contribution is -2.04. The summed E-state index contributed by atoms with van der Waals surface area (Å²) in [7, 11) is -3.28. The molecular weight excluding hydrogens is 328 g/mol. The summed E-state index contributed by atoms with van der Waals surface area (Å²) in [5.74, 6) is 0.506. The van der Waals surface area contributed by atoms with Crippen molar-refractivity contribution in [2.45, 2.75) is 38.5 Å². The van der Waals surface area contributed by atoms with Gasteiger partial charge in [-0.2, -0.15) is 8.42 Å². The first-order valence-corrected chi connectivity index (χ1v) is 9.10. The van der Waals surface area contributed by atoms with Crippen LogP contribution in [0.4, 0.5) is 0 Å². The monoisotopic (exact) mass is 348 g/mol. The molecule has 5 heteroatoms. The Kier molecular flexibility index (Phi) is 7.04. The Bertz CT molecular complexity index is 485. The summed E-state index contributed by atoms with van der Waals surface area (Å²) in [5, 5.41) is 0. The average molecular weight is 349 g/mol. The Hall–Kier alpha value is -0.390. The van der Waals surface area contributed by atoms with Crippen molar-refractivity contribution in [2.24, 2.45) is 0 Å². The SMILES string of the molecule is CC(CCCCCOS(C)(=O)=O)c1ccccc1Br. The van der Waals surface area contributed by atoms with E-state index in [1.54, 1.807) is 0 Å². The number of benzene rings is 1. The third-order valence-corrected chi connectivity index (χ3v) is 4.33. The summed E-state index contributed by atoms with van der Waals surface area (Å²) < 4.78 is 27.4. The molecule has 0 amide bonds. The molecule has 0 aliphatic rings. The average Bonchev–Trinajstić information content (AvgIpc) is 2.32. The molecule has 0 spiro atoms. The van der Waals surface area contributed by atoms with Crippen LogP contribution in [0, 0.1) is 0 Å². The van der Waals surface area contributed by atoms with Crippen molar-refractivity contribution in [3.8, 4) is 0 Å². The van der Waals surface area contributed by atoms with Gasteiger partial charge in [0.05, 0.1) is 12.9 Å². The predicted octanol–water partition coefficient (Wildman–Crippen LogP) is 4.09. The molecular formula is C14H21BrO3S. The highest BCUT2D eigenvalue weighted by Gasteiger charge is 2.08. The van der Waals surface area contributed by atoms with Gasteiger partial charge >= 0.3 is 0 Å². The topological polar surface area (TPSA) is 43.4 Å². The zero-order valence-corrected chi connectivity index (χ0v) is 13.8. The zero-order chi connectivity index (χ0) is 14.3. The summed E-state index contributed by atoms with van der Waals surface area (Å²) in [6, 6.07) is 8.27. The van der Waals surface area contributed by atoms with Crippen LogP contribution in [0.1, 0.15) is 44.1 Å². The number of unbranched alkanes of at least 4 members (excludes halogenated alkanes) is 2. The highest BCUT2D eigenvalue weighted by molar-refractivity contribution is 9.10. The molecule has 1 unspecified atom stereocenters. The van der Waals surface area contributed by atoms with Crippen molar-refractivity contribution < 1.29 is 12.6 Å². The van der Waals surface area contributed by atoms with Gasteiger partial charge in [-0.25, -0.2) is 0 Å². The minimum atomic E-state index is -3.28. The van der Waals surface area contributed by atoms with Gasteiger partial charge in [-0.05, 0) is 30.4 Å². The Morgan fingerprint density at radius 1 is 1.21 bits per heavy atom. The van der Waals surface area contributed by atoms with Gasteiger partial charge in [0.1, 0.15) is 0 Å². The van der Waals surface area contributed by atoms with E-state index in [0.29, 0.717) is 12.5 Å². The number of hydrogen-bond donors (Lipinski definition) is 0. The normalized spacial score (nSPS) is 13.4. The van der Waals surface area contributed by atoms with Gasteiger partial charge in [-0.15, -0.1) is 0 Å². The fourth-order valence-electron chi connectivity index (χ4n) is 1.97. The van der Waals surface area contributed by atoms with E-state index in [-0.39, 0.29) is 0 Å². The van der Waals surface area contributed by atoms with Crippen molar-refractivity contribution in [3.63, 3.8) is 0 Å². The van der Waals surface area contributed by atoms with Gasteiger partial charge in [0.25, 0.3) is 10.1 Å². The molecule has 0 radical (unpaired) electrons. The second-order valence-electron chi connectivity index (χ2n) is 4.80. The molecule has 108 valence electrons. The van der Waals surface area contributed by atoms with Crippen LogP contribution in [-0.4, -0.2) is 21.3 Å². The molecule has 0 aliphatic carbocycles. The number of hydrogen-bond acceptors (Lipinski definition) is 3. The molecule has 1 aromatic carbocycles. The number of halogens is 1. The Morgan fingerprint density at radius 2 is 1.89 bits per heavy atom. The van der Waals surface area contributed by atoms with Crippen LogP contribution in [-0.2, 0) is 14.3 Å². The lowest BCUT2D eigenvalue weighted by atomic mass is 9.95. The molecule has 0 fully saturated rings. The fourth-order valence-corrected chi connectivity index (χ4v) is 3.07. The van der Waals surface area contributed by atoms with E-state index in [1.165, 1.54) is 5.56 Å². The van der Waals surface area contributed by atoms with Gasteiger partial charge in [0.2, 0.25) is 0 Å². The first kappa shape index (κ1) is 16.7. The minimum absolute atomic E-state index is 0.294. The smallest absolute Gasteiger partial charge is 0.264 e. The van der Waals surface area contributed by atoms with Crippen LogP contribution < -0.4 is 0 Å². The lowest BCUT2D eigenvalue weighted by molar-refractivity contribution is 0.309. The maximum absolute atomic E-state index is 10.8. The maximum Gasteiger partial charge on any atom is 0.264 e. The summed E-state index contributed by atoms with van der Waals surface area (Å²) >= 11 is 3.57. The molecule has 19 heavy (non-hydrogen) atoms. The molecule has 0 saturated heterocycles. The van der Waals surface area contributed by atoms with E-state index in [9.17, 15) is 8.42 Å². The standard InChI is InChI=1S/C14H21BrO3S/c1-12(13-9-5-6-10-14(13)15)8-4-3-7-11-18-19(2,16)17/h5-6,9-10,12H,3-4,7-8,11H2,1-2H3. The third-order valence-electron chi connectivity index (χ3n) is 3.02. The largest absolute Gasteiger partial charge is 0.270 e. The molecule has 0 aromatic heterocycles. The summed E-state index contributed by atoms with van der Waals surface area (Å²) in [4.78, 5) is 0. The minimum Gasteiger partial charge on any atom is -0.270 e. The second kappa shape index (κ2) is 8.02. The van der Waals surface area contributed by atoms with Gasteiger partial charge in [-0.3, -0.25) is 4.18 Å². The van der Waals surface area contributed by atoms with Crippen LogP contribution >= 0.6 is 15.9 Å². The number of rotatable bonds is 8. The van der Waals surface area contributed by atoms with Crippen LogP contribution in [0.3, 0.4) is 0 Å². The van der Waals surface area contributed by atoms with Crippen molar-refractivity contribution in [3.05, 3.63) is 34.3 Å². The van der Waals surface area contributed by atoms with Crippen molar-refractivity contribution in [2.75, 3.05) is 12.9 Å². The van der Waals surface area contributed by atoms with Crippen LogP contribution in [0.15, 0.2) is 28.7 Å². The van der Waals surface area contributed by atoms with Crippen molar-refractivity contribution in [1.82, 2.24) is 0 Å². The van der Waals surface area contributed by atoms with Gasteiger partial charge < -0.3 is 0 Å². The van der Waals surface area contributed by atoms with Gasteiger partial charge in [0.15, 0.2) is 0 Å². The summed E-state index contributed by atoms with van der Waals surface area (Å²) in [6.45, 7) is 2.51. The lowest BCUT2D eigenvalue weighted by Gasteiger charge is -2.13. The predicted molar refractivity (Wildman–Crippen MR) is 81.8 cm³/mol. The van der Waals surface area contributed by atoms with E-state index >= 15 is 0 Å². The fraction of sp³-hybridized carbons (Fsp3) is 0.571. The molecule has 1 rings (SSSR count). The molecule has 0 N–H and O–H groups in total. The summed E-state index contributed by atoms with van der Waals surface area (Å²) in [6.07, 6.45) is 5.04. The quantitative estimate of drug-likeness (QED) is 0.524. The highest BCUT2D eigenvalue weighted by Crippen LogP contribution is 2.28. The first-order chi connectivity index (χ1) is 8.90. The van der Waals surface area contributed by atoms with Crippen LogP contribution in [0.25, 0.3) is 0 Å². The van der Waals surface area contributed by atoms with E-state index in [0.717, 1.165) is 36.4 Å². The maximum atomic E-state index is 10.8. The molecule has 3 nitrogen and oxygen atoms in total. The Balaban J connectivity index is 2.21. The van der Waals surface area contributed by atoms with Gasteiger partial charge in [0, 0.05) is 4.47 Å². The van der Waals surface area contributed by atoms with E-state index < -0.39 is 10.1 Å². The molecule has 0 aliphatic heterocycles. The third kappa shape index (κ3) is 7.09. The second-order valence-corrected chi connectivity index (χ2v) is 7.30. The highest BCUT2D eigenvalue weighted by atomic mass is 79.9. The molecule has 0 heterocycles. The van der Waals surface area contributed by atoms with Crippen molar-refractivity contribution >= 4 is 26.0 Å². The zero-order valence-electron chi connectivity index (χ0n) is 11.4. The molecule has 1 atom stereocenters. The van der Waals surface area contributed by atoms with Gasteiger partial charge in [-0.1, -0.05) is 53.9 Å². The Labute approximate surface area is 124 Å². The molecule has 1 aromatic rings. The molecule has 0 saturated carbocycles. The summed E-state index contributed by atoms with van der Waals surface area (Å²) in [5.41, 5.74) is 1.33.